The molecule has 0 bridgehead atoms. The highest BCUT2D eigenvalue weighted by atomic mass is 16.2. The number of aryl methyl sites for hydroxylation is 1. The molecule has 0 unspecified atom stereocenters. The standard InChI is InChI=1S/C19H18N2O/c1-2-20-17-11-7-6-10-15(17)16-12-13-21(19(22)18(16)20)14-8-4-3-5-9-14/h3-11H,2,12-13H2,1H3. The highest BCUT2D eigenvalue weighted by Crippen LogP contribution is 2.32. The number of carbonyl (C=O) groups is 1. The third kappa shape index (κ3) is 1.78. The monoisotopic (exact) mass is 290 g/mol. The number of carbonyl (C=O) groups excluding carboxylic acids is 1. The largest absolute Gasteiger partial charge is 0.337 e. The van der Waals surface area contributed by atoms with Gasteiger partial charge in [0.2, 0.25) is 0 Å². The highest BCUT2D eigenvalue weighted by Gasteiger charge is 2.30. The van der Waals surface area contributed by atoms with E-state index in [4.69, 9.17) is 0 Å². The Morgan fingerprint density at radius 1 is 1.00 bits per heavy atom. The first-order valence-corrected chi connectivity index (χ1v) is 7.78. The summed E-state index contributed by atoms with van der Waals surface area (Å²) in [5, 5.41) is 1.22. The minimum Gasteiger partial charge on any atom is -0.337 e. The Morgan fingerprint density at radius 3 is 2.50 bits per heavy atom. The van der Waals surface area contributed by atoms with E-state index in [1.807, 2.05) is 41.3 Å². The van der Waals surface area contributed by atoms with Crippen molar-refractivity contribution in [3.8, 4) is 0 Å². The van der Waals surface area contributed by atoms with Gasteiger partial charge >= 0.3 is 0 Å². The molecule has 0 saturated heterocycles. The summed E-state index contributed by atoms with van der Waals surface area (Å²) >= 11 is 0. The number of amides is 1. The van der Waals surface area contributed by atoms with Gasteiger partial charge in [-0.2, -0.15) is 0 Å². The number of fused-ring (bicyclic) bond motifs is 3. The fraction of sp³-hybridized carbons (Fsp3) is 0.211. The fourth-order valence-electron chi connectivity index (χ4n) is 3.51. The number of benzene rings is 2. The van der Waals surface area contributed by atoms with E-state index in [1.54, 1.807) is 0 Å². The first-order chi connectivity index (χ1) is 10.8. The molecular formula is C19H18N2O. The van der Waals surface area contributed by atoms with Crippen molar-refractivity contribution < 1.29 is 4.79 Å². The number of rotatable bonds is 2. The summed E-state index contributed by atoms with van der Waals surface area (Å²) < 4.78 is 2.15. The topological polar surface area (TPSA) is 25.2 Å². The first-order valence-electron chi connectivity index (χ1n) is 7.78. The van der Waals surface area contributed by atoms with Crippen LogP contribution in [0.5, 0.6) is 0 Å². The van der Waals surface area contributed by atoms with E-state index in [0.717, 1.165) is 30.9 Å². The molecule has 0 fully saturated rings. The van der Waals surface area contributed by atoms with Crippen LogP contribution >= 0.6 is 0 Å². The van der Waals surface area contributed by atoms with Gasteiger partial charge in [-0.1, -0.05) is 36.4 Å². The lowest BCUT2D eigenvalue weighted by atomic mass is 10.0. The number of hydrogen-bond donors (Lipinski definition) is 0. The first kappa shape index (κ1) is 13.1. The second-order valence-electron chi connectivity index (χ2n) is 5.63. The second kappa shape index (κ2) is 5.02. The summed E-state index contributed by atoms with van der Waals surface area (Å²) in [4.78, 5) is 15.0. The van der Waals surface area contributed by atoms with Gasteiger partial charge in [0, 0.05) is 29.7 Å². The summed E-state index contributed by atoms with van der Waals surface area (Å²) in [7, 11) is 0. The van der Waals surface area contributed by atoms with E-state index in [-0.39, 0.29) is 5.91 Å². The van der Waals surface area contributed by atoms with Crippen molar-refractivity contribution in [3.05, 3.63) is 65.9 Å². The molecule has 1 aliphatic rings. The number of para-hydroxylation sites is 2. The zero-order valence-corrected chi connectivity index (χ0v) is 12.6. The molecule has 0 atom stereocenters. The van der Waals surface area contributed by atoms with Crippen molar-refractivity contribution in [2.45, 2.75) is 19.9 Å². The van der Waals surface area contributed by atoms with Gasteiger partial charge in [-0.05, 0) is 37.1 Å². The molecular weight excluding hydrogens is 272 g/mol. The van der Waals surface area contributed by atoms with Crippen molar-refractivity contribution in [1.29, 1.82) is 0 Å². The zero-order valence-electron chi connectivity index (χ0n) is 12.6. The summed E-state index contributed by atoms with van der Waals surface area (Å²) in [5.41, 5.74) is 4.21. The Morgan fingerprint density at radius 2 is 1.73 bits per heavy atom. The summed E-state index contributed by atoms with van der Waals surface area (Å²) in [6, 6.07) is 18.3. The van der Waals surface area contributed by atoms with E-state index in [0.29, 0.717) is 0 Å². The van der Waals surface area contributed by atoms with Crippen LogP contribution in [-0.4, -0.2) is 17.0 Å². The van der Waals surface area contributed by atoms with Gasteiger partial charge < -0.3 is 9.47 Å². The number of nitrogens with zero attached hydrogens (tertiary/aromatic N) is 2. The van der Waals surface area contributed by atoms with E-state index in [2.05, 4.69) is 29.7 Å². The van der Waals surface area contributed by atoms with Gasteiger partial charge in [0.1, 0.15) is 5.69 Å². The van der Waals surface area contributed by atoms with Crippen LogP contribution in [-0.2, 0) is 13.0 Å². The minimum absolute atomic E-state index is 0.116. The van der Waals surface area contributed by atoms with Crippen LogP contribution in [0.1, 0.15) is 23.0 Å². The highest BCUT2D eigenvalue weighted by molar-refractivity contribution is 6.11. The van der Waals surface area contributed by atoms with Crippen LogP contribution in [0.15, 0.2) is 54.6 Å². The smallest absolute Gasteiger partial charge is 0.275 e. The van der Waals surface area contributed by atoms with Gasteiger partial charge in [-0.3, -0.25) is 4.79 Å². The molecule has 1 aliphatic heterocycles. The molecule has 0 spiro atoms. The van der Waals surface area contributed by atoms with Crippen molar-refractivity contribution >= 4 is 22.5 Å². The Labute approximate surface area is 129 Å². The SMILES string of the molecule is CCn1c2c(c3ccccc31)CCN(c1ccccc1)C2=O. The molecule has 0 N–H and O–H groups in total. The number of anilines is 1. The summed E-state index contributed by atoms with van der Waals surface area (Å²) in [6.45, 7) is 3.65. The van der Waals surface area contributed by atoms with Crippen LogP contribution in [0.2, 0.25) is 0 Å². The molecule has 4 rings (SSSR count). The van der Waals surface area contributed by atoms with Crippen LogP contribution in [0.4, 0.5) is 5.69 Å². The fourth-order valence-corrected chi connectivity index (χ4v) is 3.51. The molecule has 2 aromatic carbocycles. The molecule has 0 aliphatic carbocycles. The Balaban J connectivity index is 1.90. The van der Waals surface area contributed by atoms with Gasteiger partial charge in [-0.15, -0.1) is 0 Å². The summed E-state index contributed by atoms with van der Waals surface area (Å²) in [5.74, 6) is 0.116. The van der Waals surface area contributed by atoms with Crippen LogP contribution < -0.4 is 4.90 Å². The van der Waals surface area contributed by atoms with Crippen molar-refractivity contribution in [2.24, 2.45) is 0 Å². The third-order valence-corrected chi connectivity index (χ3v) is 4.49. The maximum absolute atomic E-state index is 13.1. The van der Waals surface area contributed by atoms with Crippen molar-refractivity contribution in [2.75, 3.05) is 11.4 Å². The van der Waals surface area contributed by atoms with Gasteiger partial charge in [0.05, 0.1) is 0 Å². The Hall–Kier alpha value is -2.55. The van der Waals surface area contributed by atoms with Crippen LogP contribution in [0, 0.1) is 0 Å². The van der Waals surface area contributed by atoms with E-state index < -0.39 is 0 Å². The number of hydrogen-bond acceptors (Lipinski definition) is 1. The second-order valence-corrected chi connectivity index (χ2v) is 5.63. The van der Waals surface area contributed by atoms with Gasteiger partial charge in [-0.25, -0.2) is 0 Å². The predicted octanol–water partition coefficient (Wildman–Crippen LogP) is 3.86. The van der Waals surface area contributed by atoms with Crippen molar-refractivity contribution in [1.82, 2.24) is 4.57 Å². The third-order valence-electron chi connectivity index (χ3n) is 4.49. The Bertz CT molecular complexity index is 816. The molecule has 0 saturated carbocycles. The van der Waals surface area contributed by atoms with Gasteiger partial charge in [0.15, 0.2) is 0 Å². The molecule has 110 valence electrons. The molecule has 3 aromatic rings. The maximum atomic E-state index is 13.1. The van der Waals surface area contributed by atoms with Crippen molar-refractivity contribution in [3.63, 3.8) is 0 Å². The van der Waals surface area contributed by atoms with E-state index >= 15 is 0 Å². The van der Waals surface area contributed by atoms with Crippen LogP contribution in [0.3, 0.4) is 0 Å². The average molecular weight is 290 g/mol. The quantitative estimate of drug-likeness (QED) is 0.703. The molecule has 0 radical (unpaired) electrons. The molecule has 1 aromatic heterocycles. The van der Waals surface area contributed by atoms with E-state index in [9.17, 15) is 4.79 Å². The molecule has 1 amide bonds. The molecule has 3 nitrogen and oxygen atoms in total. The van der Waals surface area contributed by atoms with Gasteiger partial charge in [0.25, 0.3) is 5.91 Å². The normalized spacial score (nSPS) is 14.4. The minimum atomic E-state index is 0.116. The molecule has 22 heavy (non-hydrogen) atoms. The lowest BCUT2D eigenvalue weighted by molar-refractivity contribution is 0.0972. The number of aromatic nitrogens is 1. The molecule has 2 heterocycles. The zero-order chi connectivity index (χ0) is 15.1. The average Bonchev–Trinajstić information content (AvgIpc) is 2.91. The van der Waals surface area contributed by atoms with Crippen LogP contribution in [0.25, 0.3) is 10.9 Å². The molecule has 3 heteroatoms. The Kier molecular flexibility index (Phi) is 3.00. The predicted molar refractivity (Wildman–Crippen MR) is 89.4 cm³/mol. The summed E-state index contributed by atoms with van der Waals surface area (Å²) in [6.07, 6.45) is 0.906. The van der Waals surface area contributed by atoms with E-state index in [1.165, 1.54) is 16.5 Å². The maximum Gasteiger partial charge on any atom is 0.275 e. The lowest BCUT2D eigenvalue weighted by Gasteiger charge is -2.28. The lowest BCUT2D eigenvalue weighted by Crippen LogP contribution is -2.38.